The van der Waals surface area contributed by atoms with E-state index in [1.54, 1.807) is 0 Å². The van der Waals surface area contributed by atoms with Crippen LogP contribution in [0.3, 0.4) is 0 Å². The highest BCUT2D eigenvalue weighted by molar-refractivity contribution is 5.20. The van der Waals surface area contributed by atoms with Gasteiger partial charge in [-0.1, -0.05) is 42.8 Å². The predicted molar refractivity (Wildman–Crippen MR) is 72.8 cm³/mol. The van der Waals surface area contributed by atoms with E-state index in [1.807, 2.05) is 12.1 Å². The summed E-state index contributed by atoms with van der Waals surface area (Å²) in [7, 11) is 0. The first-order valence-electron chi connectivity index (χ1n) is 6.48. The van der Waals surface area contributed by atoms with Gasteiger partial charge in [-0.15, -0.1) is 6.58 Å². The van der Waals surface area contributed by atoms with Crippen LogP contribution in [0.5, 0.6) is 0 Å². The number of piperidine rings is 1. The van der Waals surface area contributed by atoms with E-state index in [1.165, 1.54) is 24.8 Å². The van der Waals surface area contributed by atoms with E-state index in [-0.39, 0.29) is 6.04 Å². The van der Waals surface area contributed by atoms with Gasteiger partial charge in [0.05, 0.1) is 0 Å². The lowest BCUT2D eigenvalue weighted by Gasteiger charge is -2.38. The zero-order chi connectivity index (χ0) is 12.1. The fraction of sp³-hybridized carbons (Fsp3) is 0.467. The summed E-state index contributed by atoms with van der Waals surface area (Å²) in [4.78, 5) is 2.47. The molecule has 92 valence electrons. The van der Waals surface area contributed by atoms with Gasteiger partial charge in [-0.2, -0.15) is 0 Å². The van der Waals surface area contributed by atoms with Gasteiger partial charge in [0.25, 0.3) is 0 Å². The first kappa shape index (κ1) is 12.3. The monoisotopic (exact) mass is 230 g/mol. The van der Waals surface area contributed by atoms with Crippen molar-refractivity contribution in [3.05, 3.63) is 48.6 Å². The van der Waals surface area contributed by atoms with Crippen molar-refractivity contribution in [3.8, 4) is 0 Å². The second-order valence-electron chi connectivity index (χ2n) is 4.78. The van der Waals surface area contributed by atoms with Crippen LogP contribution in [0.15, 0.2) is 43.0 Å². The molecule has 1 heterocycles. The lowest BCUT2D eigenvalue weighted by atomic mass is 9.91. The number of nitrogens with zero attached hydrogens (tertiary/aromatic N) is 1. The minimum atomic E-state index is 0.122. The first-order valence-corrected chi connectivity index (χ1v) is 6.48. The molecule has 0 spiro atoms. The van der Waals surface area contributed by atoms with Crippen molar-refractivity contribution in [1.82, 2.24) is 4.90 Å². The number of benzene rings is 1. The van der Waals surface area contributed by atoms with Crippen LogP contribution in [0.25, 0.3) is 0 Å². The zero-order valence-corrected chi connectivity index (χ0v) is 10.4. The van der Waals surface area contributed by atoms with Crippen LogP contribution in [-0.2, 0) is 0 Å². The summed E-state index contributed by atoms with van der Waals surface area (Å²) >= 11 is 0. The molecule has 1 aromatic rings. The molecule has 2 rings (SSSR count). The molecule has 0 bridgehead atoms. The fourth-order valence-electron chi connectivity index (χ4n) is 2.71. The molecule has 0 radical (unpaired) electrons. The minimum Gasteiger partial charge on any atom is -0.323 e. The van der Waals surface area contributed by atoms with E-state index in [0.29, 0.717) is 6.04 Å². The lowest BCUT2D eigenvalue weighted by Crippen LogP contribution is -2.45. The number of hydrogen-bond acceptors (Lipinski definition) is 2. The van der Waals surface area contributed by atoms with Gasteiger partial charge in [0, 0.05) is 18.6 Å². The Labute approximate surface area is 104 Å². The topological polar surface area (TPSA) is 29.3 Å². The van der Waals surface area contributed by atoms with E-state index in [2.05, 4.69) is 35.7 Å². The van der Waals surface area contributed by atoms with E-state index < -0.39 is 0 Å². The summed E-state index contributed by atoms with van der Waals surface area (Å²) in [6.07, 6.45) is 5.75. The van der Waals surface area contributed by atoms with Crippen LogP contribution in [0.4, 0.5) is 0 Å². The largest absolute Gasteiger partial charge is 0.323 e. The Morgan fingerprint density at radius 2 is 2.12 bits per heavy atom. The second kappa shape index (κ2) is 5.99. The van der Waals surface area contributed by atoms with Crippen molar-refractivity contribution in [1.29, 1.82) is 0 Å². The molecule has 2 nitrogen and oxygen atoms in total. The molecule has 1 aromatic carbocycles. The maximum absolute atomic E-state index is 6.41. The number of hydrogen-bond donors (Lipinski definition) is 1. The summed E-state index contributed by atoms with van der Waals surface area (Å²) in [6, 6.07) is 11.0. The minimum absolute atomic E-state index is 0.122. The van der Waals surface area contributed by atoms with Gasteiger partial charge >= 0.3 is 0 Å². The van der Waals surface area contributed by atoms with Gasteiger partial charge in [0.2, 0.25) is 0 Å². The summed E-state index contributed by atoms with van der Waals surface area (Å²) in [5.41, 5.74) is 7.66. The normalized spacial score (nSPS) is 23.2. The lowest BCUT2D eigenvalue weighted by molar-refractivity contribution is 0.141. The van der Waals surface area contributed by atoms with Crippen LogP contribution in [-0.4, -0.2) is 24.0 Å². The van der Waals surface area contributed by atoms with Crippen molar-refractivity contribution >= 4 is 0 Å². The average Bonchev–Trinajstić information content (AvgIpc) is 2.40. The van der Waals surface area contributed by atoms with Crippen molar-refractivity contribution in [2.75, 3.05) is 13.1 Å². The molecule has 0 aromatic heterocycles. The van der Waals surface area contributed by atoms with Crippen molar-refractivity contribution < 1.29 is 0 Å². The van der Waals surface area contributed by atoms with Crippen LogP contribution >= 0.6 is 0 Å². The van der Waals surface area contributed by atoms with E-state index >= 15 is 0 Å². The molecule has 2 atom stereocenters. The number of rotatable bonds is 4. The Bertz CT molecular complexity index is 347. The maximum Gasteiger partial charge on any atom is 0.0453 e. The first-order chi connectivity index (χ1) is 8.33. The molecule has 0 amide bonds. The molecule has 0 saturated carbocycles. The Balaban J connectivity index is 2.10. The van der Waals surface area contributed by atoms with Crippen LogP contribution in [0, 0.1) is 0 Å². The van der Waals surface area contributed by atoms with Crippen LogP contribution in [0.2, 0.25) is 0 Å². The highest BCUT2D eigenvalue weighted by atomic mass is 15.2. The van der Waals surface area contributed by atoms with Crippen molar-refractivity contribution in [3.63, 3.8) is 0 Å². The third-order valence-corrected chi connectivity index (χ3v) is 3.63. The average molecular weight is 230 g/mol. The van der Waals surface area contributed by atoms with Crippen LogP contribution in [0.1, 0.15) is 30.9 Å². The Morgan fingerprint density at radius 3 is 2.82 bits per heavy atom. The third-order valence-electron chi connectivity index (χ3n) is 3.63. The van der Waals surface area contributed by atoms with E-state index in [0.717, 1.165) is 13.1 Å². The maximum atomic E-state index is 6.41. The fourth-order valence-corrected chi connectivity index (χ4v) is 2.71. The van der Waals surface area contributed by atoms with Gasteiger partial charge in [0.1, 0.15) is 0 Å². The van der Waals surface area contributed by atoms with Gasteiger partial charge in [0.15, 0.2) is 0 Å². The van der Waals surface area contributed by atoms with Gasteiger partial charge < -0.3 is 5.73 Å². The molecule has 17 heavy (non-hydrogen) atoms. The highest BCUT2D eigenvalue weighted by Gasteiger charge is 2.27. The van der Waals surface area contributed by atoms with Gasteiger partial charge in [-0.05, 0) is 24.9 Å². The van der Waals surface area contributed by atoms with Crippen molar-refractivity contribution in [2.24, 2.45) is 5.73 Å². The standard InChI is InChI=1S/C15H22N2/c1-2-11-17-12-7-6-10-14(17)15(16)13-8-4-3-5-9-13/h2-5,8-9,14-15H,1,6-7,10-12,16H2/t14-,15-/m1/s1. The van der Waals surface area contributed by atoms with E-state index in [4.69, 9.17) is 5.73 Å². The molecular formula is C15H22N2. The molecule has 1 saturated heterocycles. The van der Waals surface area contributed by atoms with E-state index in [9.17, 15) is 0 Å². The number of likely N-dealkylation sites (tertiary alicyclic amines) is 1. The molecule has 1 fully saturated rings. The predicted octanol–water partition coefficient (Wildman–Crippen LogP) is 2.73. The second-order valence-corrected chi connectivity index (χ2v) is 4.78. The summed E-state index contributed by atoms with van der Waals surface area (Å²) < 4.78 is 0. The molecule has 1 aliphatic heterocycles. The molecular weight excluding hydrogens is 208 g/mol. The SMILES string of the molecule is C=CCN1CCCC[C@@H]1[C@H](N)c1ccccc1. The summed E-state index contributed by atoms with van der Waals surface area (Å²) in [5, 5.41) is 0. The van der Waals surface area contributed by atoms with Crippen LogP contribution < -0.4 is 5.73 Å². The Hall–Kier alpha value is -1.12. The molecule has 1 aliphatic rings. The highest BCUT2D eigenvalue weighted by Crippen LogP contribution is 2.26. The smallest absolute Gasteiger partial charge is 0.0453 e. The zero-order valence-electron chi connectivity index (χ0n) is 10.4. The molecule has 2 heteroatoms. The van der Waals surface area contributed by atoms with Gasteiger partial charge in [-0.25, -0.2) is 0 Å². The Kier molecular flexibility index (Phi) is 4.35. The molecule has 0 aliphatic carbocycles. The quantitative estimate of drug-likeness (QED) is 0.806. The Morgan fingerprint density at radius 1 is 1.35 bits per heavy atom. The van der Waals surface area contributed by atoms with Crippen molar-refractivity contribution in [2.45, 2.75) is 31.3 Å². The molecule has 2 N–H and O–H groups in total. The third kappa shape index (κ3) is 2.96. The number of nitrogens with two attached hydrogens (primary N) is 1. The summed E-state index contributed by atoms with van der Waals surface area (Å²) in [5.74, 6) is 0. The molecule has 0 unspecified atom stereocenters. The summed E-state index contributed by atoms with van der Waals surface area (Å²) in [6.45, 7) is 5.94. The van der Waals surface area contributed by atoms with Gasteiger partial charge in [-0.3, -0.25) is 4.90 Å².